The van der Waals surface area contributed by atoms with Crippen molar-refractivity contribution in [2.75, 3.05) is 6.61 Å². The summed E-state index contributed by atoms with van der Waals surface area (Å²) >= 11 is 0. The molecule has 2 N–H and O–H groups in total. The number of rotatable bonds is 8. The second kappa shape index (κ2) is 9.53. The first-order chi connectivity index (χ1) is 13.7. The Hall–Kier alpha value is -4.14. The van der Waals surface area contributed by atoms with E-state index >= 15 is 0 Å². The fraction of sp³-hybridized carbons (Fsp3) is 0.0526. The number of ether oxygens (including phenoxy) is 1. The van der Waals surface area contributed by atoms with Crippen molar-refractivity contribution in [2.24, 2.45) is 10.2 Å². The first kappa shape index (κ1) is 18.6. The van der Waals surface area contributed by atoms with Crippen LogP contribution in [0.15, 0.2) is 80.1 Å². The number of hydrazone groups is 2. The number of nitrogens with one attached hydrogen (secondary N) is 2. The second-order valence-electron chi connectivity index (χ2n) is 5.34. The quantitative estimate of drug-likeness (QED) is 0.459. The van der Waals surface area contributed by atoms with Gasteiger partial charge in [-0.05, 0) is 48.5 Å². The average Bonchev–Trinajstić information content (AvgIpc) is 3.41. The van der Waals surface area contributed by atoms with E-state index in [9.17, 15) is 9.59 Å². The number of nitrogens with zero attached hydrogens (tertiary/aromatic N) is 2. The zero-order valence-corrected chi connectivity index (χ0v) is 14.6. The first-order valence-electron chi connectivity index (χ1n) is 8.16. The predicted molar refractivity (Wildman–Crippen MR) is 100 cm³/mol. The molecule has 0 bridgehead atoms. The number of carbonyl (C=O) groups excluding carboxylic acids is 2. The molecule has 0 fully saturated rings. The molecule has 0 aliphatic rings. The zero-order chi connectivity index (χ0) is 19.6. The highest BCUT2D eigenvalue weighted by Crippen LogP contribution is 2.12. The fourth-order valence-electron chi connectivity index (χ4n) is 2.00. The number of benzene rings is 1. The molecule has 0 saturated heterocycles. The third-order valence-electron chi connectivity index (χ3n) is 3.31. The van der Waals surface area contributed by atoms with Crippen LogP contribution in [0.5, 0.6) is 5.75 Å². The maximum Gasteiger partial charge on any atom is 0.277 e. The van der Waals surface area contributed by atoms with Crippen LogP contribution in [0.2, 0.25) is 0 Å². The summed E-state index contributed by atoms with van der Waals surface area (Å²) in [6.07, 6.45) is 5.78. The SMILES string of the molecule is O=C(COc1ccc(C(=O)NN=Cc2ccco2)cc1)NN=Cc1ccco1. The summed E-state index contributed by atoms with van der Waals surface area (Å²) in [7, 11) is 0. The summed E-state index contributed by atoms with van der Waals surface area (Å²) in [6.45, 7) is -0.228. The lowest BCUT2D eigenvalue weighted by atomic mass is 10.2. The Balaban J connectivity index is 1.42. The third kappa shape index (κ3) is 5.70. The van der Waals surface area contributed by atoms with Gasteiger partial charge in [0.2, 0.25) is 0 Å². The summed E-state index contributed by atoms with van der Waals surface area (Å²) in [5, 5.41) is 7.54. The highest BCUT2D eigenvalue weighted by Gasteiger charge is 2.06. The van der Waals surface area contributed by atoms with E-state index in [-0.39, 0.29) is 12.5 Å². The lowest BCUT2D eigenvalue weighted by Crippen LogP contribution is -2.24. The van der Waals surface area contributed by atoms with Gasteiger partial charge in [0.25, 0.3) is 11.8 Å². The number of furan rings is 2. The van der Waals surface area contributed by atoms with Crippen molar-refractivity contribution in [3.05, 3.63) is 78.1 Å². The van der Waals surface area contributed by atoms with Crippen LogP contribution in [0.3, 0.4) is 0 Å². The molecule has 1 aromatic carbocycles. The Morgan fingerprint density at radius 2 is 1.50 bits per heavy atom. The number of carbonyl (C=O) groups is 2. The molecule has 3 aromatic rings. The van der Waals surface area contributed by atoms with Gasteiger partial charge in [-0.15, -0.1) is 0 Å². The van der Waals surface area contributed by atoms with Crippen LogP contribution in [-0.2, 0) is 4.79 Å². The Kier molecular flexibility index (Phi) is 6.34. The van der Waals surface area contributed by atoms with Gasteiger partial charge < -0.3 is 13.6 Å². The minimum Gasteiger partial charge on any atom is -0.484 e. The normalized spacial score (nSPS) is 11.0. The van der Waals surface area contributed by atoms with E-state index in [2.05, 4.69) is 21.1 Å². The van der Waals surface area contributed by atoms with Gasteiger partial charge in [-0.1, -0.05) is 0 Å². The summed E-state index contributed by atoms with van der Waals surface area (Å²) in [5.74, 6) is 0.649. The number of hydrogen-bond donors (Lipinski definition) is 2. The highest BCUT2D eigenvalue weighted by molar-refractivity contribution is 5.94. The molecule has 0 aliphatic heterocycles. The summed E-state index contributed by atoms with van der Waals surface area (Å²) in [6, 6.07) is 13.1. The maximum atomic E-state index is 12.0. The van der Waals surface area contributed by atoms with E-state index < -0.39 is 5.91 Å². The predicted octanol–water partition coefficient (Wildman–Crippen LogP) is 2.17. The molecule has 0 unspecified atom stereocenters. The molecule has 0 atom stereocenters. The second-order valence-corrected chi connectivity index (χ2v) is 5.34. The van der Waals surface area contributed by atoms with Crippen LogP contribution in [0, 0.1) is 0 Å². The summed E-state index contributed by atoms with van der Waals surface area (Å²) < 4.78 is 15.4. The largest absolute Gasteiger partial charge is 0.484 e. The Labute approximate surface area is 159 Å². The molecule has 0 saturated carbocycles. The van der Waals surface area contributed by atoms with Crippen LogP contribution >= 0.6 is 0 Å². The average molecular weight is 380 g/mol. The van der Waals surface area contributed by atoms with Gasteiger partial charge in [0, 0.05) is 5.56 Å². The molecule has 142 valence electrons. The molecule has 28 heavy (non-hydrogen) atoms. The van der Waals surface area contributed by atoms with Crippen LogP contribution in [0.4, 0.5) is 0 Å². The molecule has 0 radical (unpaired) electrons. The van der Waals surface area contributed by atoms with Crippen molar-refractivity contribution >= 4 is 24.2 Å². The molecule has 9 nitrogen and oxygen atoms in total. The van der Waals surface area contributed by atoms with Gasteiger partial charge in [0.15, 0.2) is 6.61 Å². The molecular formula is C19H16N4O5. The van der Waals surface area contributed by atoms with Crippen LogP contribution in [0.1, 0.15) is 21.9 Å². The smallest absolute Gasteiger partial charge is 0.277 e. The highest BCUT2D eigenvalue weighted by atomic mass is 16.5. The Morgan fingerprint density at radius 1 is 0.893 bits per heavy atom. The van der Waals surface area contributed by atoms with E-state index in [1.54, 1.807) is 48.5 Å². The summed E-state index contributed by atoms with van der Waals surface area (Å²) in [4.78, 5) is 23.6. The molecule has 2 aromatic heterocycles. The van der Waals surface area contributed by atoms with E-state index in [0.717, 1.165) is 0 Å². The van der Waals surface area contributed by atoms with Gasteiger partial charge in [-0.25, -0.2) is 10.9 Å². The van der Waals surface area contributed by atoms with Crippen molar-refractivity contribution in [3.63, 3.8) is 0 Å². The molecule has 2 amide bonds. The van der Waals surface area contributed by atoms with Crippen LogP contribution in [0.25, 0.3) is 0 Å². The molecule has 0 aliphatic carbocycles. The minimum absolute atomic E-state index is 0.228. The van der Waals surface area contributed by atoms with Crippen molar-refractivity contribution in [3.8, 4) is 5.75 Å². The van der Waals surface area contributed by atoms with Crippen LogP contribution < -0.4 is 15.6 Å². The zero-order valence-electron chi connectivity index (χ0n) is 14.6. The monoisotopic (exact) mass is 380 g/mol. The summed E-state index contributed by atoms with van der Waals surface area (Å²) in [5.41, 5.74) is 5.08. The Morgan fingerprint density at radius 3 is 2.07 bits per heavy atom. The van der Waals surface area contributed by atoms with E-state index in [0.29, 0.717) is 22.8 Å². The van der Waals surface area contributed by atoms with Crippen molar-refractivity contribution in [1.29, 1.82) is 0 Å². The topological polar surface area (TPSA) is 118 Å². The molecular weight excluding hydrogens is 364 g/mol. The maximum absolute atomic E-state index is 12.0. The lowest BCUT2D eigenvalue weighted by molar-refractivity contribution is -0.123. The van der Waals surface area contributed by atoms with Gasteiger partial charge in [0.1, 0.15) is 17.3 Å². The number of amides is 2. The molecule has 0 spiro atoms. The first-order valence-corrected chi connectivity index (χ1v) is 8.16. The van der Waals surface area contributed by atoms with E-state index in [4.69, 9.17) is 13.6 Å². The standard InChI is InChI=1S/C19H16N4O5/c24-18(22-20-11-16-3-1-9-26-16)13-28-15-7-5-14(6-8-15)19(25)23-21-12-17-4-2-10-27-17/h1-12H,13H2,(H,22,24)(H,23,25). The van der Waals surface area contributed by atoms with Gasteiger partial charge >= 0.3 is 0 Å². The Bertz CT molecular complexity index is 945. The number of hydrogen-bond acceptors (Lipinski definition) is 7. The van der Waals surface area contributed by atoms with Gasteiger partial charge in [0.05, 0.1) is 25.0 Å². The molecule has 9 heteroatoms. The lowest BCUT2D eigenvalue weighted by Gasteiger charge is -2.06. The van der Waals surface area contributed by atoms with Crippen molar-refractivity contribution < 1.29 is 23.2 Å². The van der Waals surface area contributed by atoms with Gasteiger partial charge in [-0.2, -0.15) is 10.2 Å². The van der Waals surface area contributed by atoms with E-state index in [1.807, 2.05) is 0 Å². The van der Waals surface area contributed by atoms with Crippen molar-refractivity contribution in [1.82, 2.24) is 10.9 Å². The minimum atomic E-state index is -0.433. The molecule has 3 rings (SSSR count). The molecule has 2 heterocycles. The van der Waals surface area contributed by atoms with E-state index in [1.165, 1.54) is 25.0 Å². The fourth-order valence-corrected chi connectivity index (χ4v) is 2.00. The van der Waals surface area contributed by atoms with Crippen molar-refractivity contribution in [2.45, 2.75) is 0 Å². The van der Waals surface area contributed by atoms with Gasteiger partial charge in [-0.3, -0.25) is 9.59 Å². The van der Waals surface area contributed by atoms with Crippen LogP contribution in [-0.4, -0.2) is 30.9 Å². The third-order valence-corrected chi connectivity index (χ3v) is 3.31.